The molecular formula is C17H21FN4. The van der Waals surface area contributed by atoms with Gasteiger partial charge in [-0.1, -0.05) is 6.42 Å². The number of hydrogen-bond donors (Lipinski definition) is 1. The van der Waals surface area contributed by atoms with E-state index in [1.165, 1.54) is 44.5 Å². The van der Waals surface area contributed by atoms with Gasteiger partial charge < -0.3 is 10.2 Å². The number of benzene rings is 1. The summed E-state index contributed by atoms with van der Waals surface area (Å²) in [6.07, 6.45) is 3.98. The molecule has 1 saturated heterocycles. The van der Waals surface area contributed by atoms with Gasteiger partial charge in [-0.2, -0.15) is 0 Å². The van der Waals surface area contributed by atoms with Crippen LogP contribution in [0.15, 0.2) is 36.4 Å². The van der Waals surface area contributed by atoms with Crippen LogP contribution in [-0.2, 0) is 0 Å². The number of nitrogens with zero attached hydrogens (tertiary/aromatic N) is 3. The van der Waals surface area contributed by atoms with Gasteiger partial charge in [-0.25, -0.2) is 4.39 Å². The number of halogens is 1. The maximum Gasteiger partial charge on any atom is 0.148 e. The Labute approximate surface area is 130 Å². The first-order chi connectivity index (χ1) is 10.8. The molecule has 0 spiro atoms. The largest absolute Gasteiger partial charge is 0.367 e. The second-order valence-corrected chi connectivity index (χ2v) is 5.64. The minimum atomic E-state index is -0.243. The zero-order valence-electron chi connectivity index (χ0n) is 12.6. The van der Waals surface area contributed by atoms with Crippen molar-refractivity contribution in [3.05, 3.63) is 42.2 Å². The predicted molar refractivity (Wildman–Crippen MR) is 86.2 cm³/mol. The maximum absolute atomic E-state index is 12.9. The first-order valence-corrected chi connectivity index (χ1v) is 7.87. The van der Waals surface area contributed by atoms with Crippen molar-refractivity contribution in [3.8, 4) is 11.3 Å². The number of piperidine rings is 1. The van der Waals surface area contributed by atoms with Crippen LogP contribution in [-0.4, -0.2) is 41.3 Å². The fourth-order valence-corrected chi connectivity index (χ4v) is 2.73. The van der Waals surface area contributed by atoms with Crippen LogP contribution in [0.3, 0.4) is 0 Å². The molecule has 0 saturated carbocycles. The molecule has 1 N–H and O–H groups in total. The Hall–Kier alpha value is -2.01. The molecule has 1 fully saturated rings. The van der Waals surface area contributed by atoms with Gasteiger partial charge in [0, 0.05) is 18.7 Å². The molecule has 0 unspecified atom stereocenters. The third-order valence-corrected chi connectivity index (χ3v) is 3.99. The van der Waals surface area contributed by atoms with Crippen molar-refractivity contribution < 1.29 is 4.39 Å². The maximum atomic E-state index is 12.9. The zero-order valence-corrected chi connectivity index (χ0v) is 12.6. The molecule has 0 atom stereocenters. The highest BCUT2D eigenvalue weighted by atomic mass is 19.1. The first kappa shape index (κ1) is 14.9. The average Bonchev–Trinajstić information content (AvgIpc) is 2.57. The van der Waals surface area contributed by atoms with E-state index in [0.29, 0.717) is 0 Å². The molecule has 1 aliphatic heterocycles. The van der Waals surface area contributed by atoms with Gasteiger partial charge in [-0.15, -0.1) is 10.2 Å². The summed E-state index contributed by atoms with van der Waals surface area (Å²) >= 11 is 0. The average molecular weight is 300 g/mol. The van der Waals surface area contributed by atoms with E-state index in [1.54, 1.807) is 12.1 Å². The fraction of sp³-hybridized carbons (Fsp3) is 0.412. The first-order valence-electron chi connectivity index (χ1n) is 7.87. The lowest BCUT2D eigenvalue weighted by molar-refractivity contribution is 0.237. The van der Waals surface area contributed by atoms with Crippen LogP contribution < -0.4 is 5.32 Å². The highest BCUT2D eigenvalue weighted by Gasteiger charge is 2.09. The van der Waals surface area contributed by atoms with Crippen molar-refractivity contribution in [1.29, 1.82) is 0 Å². The predicted octanol–water partition coefficient (Wildman–Crippen LogP) is 3.18. The summed E-state index contributed by atoms with van der Waals surface area (Å²) < 4.78 is 12.9. The molecule has 3 rings (SSSR count). The van der Waals surface area contributed by atoms with Crippen LogP contribution in [0.4, 0.5) is 10.2 Å². The summed E-state index contributed by atoms with van der Waals surface area (Å²) in [5.74, 6) is 0.538. The molecule has 116 valence electrons. The second-order valence-electron chi connectivity index (χ2n) is 5.64. The highest BCUT2D eigenvalue weighted by Crippen LogP contribution is 2.17. The van der Waals surface area contributed by atoms with Crippen molar-refractivity contribution in [2.24, 2.45) is 0 Å². The Bertz CT molecular complexity index is 577. The fourth-order valence-electron chi connectivity index (χ4n) is 2.73. The third-order valence-electron chi connectivity index (χ3n) is 3.99. The van der Waals surface area contributed by atoms with Crippen LogP contribution in [0, 0.1) is 5.82 Å². The quantitative estimate of drug-likeness (QED) is 0.921. The summed E-state index contributed by atoms with van der Waals surface area (Å²) in [4.78, 5) is 2.48. The van der Waals surface area contributed by atoms with Crippen molar-refractivity contribution >= 4 is 5.82 Å². The number of aromatic nitrogens is 2. The van der Waals surface area contributed by atoms with Crippen LogP contribution in [0.25, 0.3) is 11.3 Å². The molecule has 2 heterocycles. The third kappa shape index (κ3) is 4.01. The smallest absolute Gasteiger partial charge is 0.148 e. The van der Waals surface area contributed by atoms with Gasteiger partial charge in [0.15, 0.2) is 0 Å². The Kier molecular flexibility index (Phi) is 4.96. The minimum absolute atomic E-state index is 0.243. The topological polar surface area (TPSA) is 41.0 Å². The lowest BCUT2D eigenvalue weighted by atomic mass is 10.1. The number of likely N-dealkylation sites (tertiary alicyclic amines) is 1. The molecule has 1 aromatic carbocycles. The van der Waals surface area contributed by atoms with E-state index < -0.39 is 0 Å². The van der Waals surface area contributed by atoms with Gasteiger partial charge in [0.25, 0.3) is 0 Å². The van der Waals surface area contributed by atoms with Gasteiger partial charge in [0.05, 0.1) is 5.69 Å². The summed E-state index contributed by atoms with van der Waals surface area (Å²) in [5, 5.41) is 11.7. The molecular weight excluding hydrogens is 279 g/mol. The van der Waals surface area contributed by atoms with Crippen LogP contribution in [0.5, 0.6) is 0 Å². The van der Waals surface area contributed by atoms with Crippen molar-refractivity contribution in [2.45, 2.75) is 19.3 Å². The summed E-state index contributed by atoms with van der Waals surface area (Å²) in [6.45, 7) is 4.33. The standard InChI is InChI=1S/C17H21FN4/c18-15-6-4-14(5-7-15)16-8-9-17(21-20-16)19-10-13-22-11-2-1-3-12-22/h4-9H,1-3,10-13H2,(H,19,21). The molecule has 1 aliphatic rings. The van der Waals surface area contributed by atoms with Crippen LogP contribution in [0.1, 0.15) is 19.3 Å². The Morgan fingerprint density at radius 3 is 2.41 bits per heavy atom. The zero-order chi connectivity index (χ0) is 15.2. The molecule has 0 bridgehead atoms. The van der Waals surface area contributed by atoms with Crippen molar-refractivity contribution in [1.82, 2.24) is 15.1 Å². The minimum Gasteiger partial charge on any atom is -0.367 e. The van der Waals surface area contributed by atoms with E-state index in [2.05, 4.69) is 20.4 Å². The Balaban J connectivity index is 1.51. The second kappa shape index (κ2) is 7.31. The highest BCUT2D eigenvalue weighted by molar-refractivity contribution is 5.59. The van der Waals surface area contributed by atoms with Gasteiger partial charge in [-0.3, -0.25) is 0 Å². The summed E-state index contributed by atoms with van der Waals surface area (Å²) in [5.41, 5.74) is 1.62. The van der Waals surface area contributed by atoms with E-state index in [1.807, 2.05) is 12.1 Å². The SMILES string of the molecule is Fc1ccc(-c2ccc(NCCN3CCCCC3)nn2)cc1. The lowest BCUT2D eigenvalue weighted by Crippen LogP contribution is -2.33. The van der Waals surface area contributed by atoms with E-state index in [9.17, 15) is 4.39 Å². The Morgan fingerprint density at radius 1 is 0.955 bits per heavy atom. The van der Waals surface area contributed by atoms with Gasteiger partial charge >= 0.3 is 0 Å². The molecule has 2 aromatic rings. The number of rotatable bonds is 5. The molecule has 0 aliphatic carbocycles. The van der Waals surface area contributed by atoms with Crippen LogP contribution >= 0.6 is 0 Å². The lowest BCUT2D eigenvalue weighted by Gasteiger charge is -2.26. The number of hydrogen-bond acceptors (Lipinski definition) is 4. The van der Waals surface area contributed by atoms with Crippen molar-refractivity contribution in [2.75, 3.05) is 31.5 Å². The number of anilines is 1. The van der Waals surface area contributed by atoms with Crippen LogP contribution in [0.2, 0.25) is 0 Å². The molecule has 0 radical (unpaired) electrons. The van der Waals surface area contributed by atoms with E-state index in [-0.39, 0.29) is 5.82 Å². The molecule has 22 heavy (non-hydrogen) atoms. The van der Waals surface area contributed by atoms with E-state index >= 15 is 0 Å². The monoisotopic (exact) mass is 300 g/mol. The Morgan fingerprint density at radius 2 is 1.73 bits per heavy atom. The summed E-state index contributed by atoms with van der Waals surface area (Å²) in [6, 6.07) is 10.1. The molecule has 4 nitrogen and oxygen atoms in total. The van der Waals surface area contributed by atoms with Gasteiger partial charge in [0.1, 0.15) is 11.6 Å². The van der Waals surface area contributed by atoms with E-state index in [0.717, 1.165) is 30.2 Å². The number of nitrogens with one attached hydrogen (secondary N) is 1. The summed E-state index contributed by atoms with van der Waals surface area (Å²) in [7, 11) is 0. The van der Waals surface area contributed by atoms with Crippen molar-refractivity contribution in [3.63, 3.8) is 0 Å². The molecule has 5 heteroatoms. The normalized spacial score (nSPS) is 15.7. The van der Waals surface area contributed by atoms with E-state index in [4.69, 9.17) is 0 Å². The van der Waals surface area contributed by atoms with Gasteiger partial charge in [0.2, 0.25) is 0 Å². The molecule has 1 aromatic heterocycles. The molecule has 0 amide bonds. The van der Waals surface area contributed by atoms with Gasteiger partial charge in [-0.05, 0) is 62.3 Å².